The van der Waals surface area contributed by atoms with E-state index in [1.54, 1.807) is 11.3 Å². The Balaban J connectivity index is 0.00000392. The number of nitrogens with one attached hydrogen (secondary N) is 3. The van der Waals surface area contributed by atoms with Crippen LogP contribution in [0.3, 0.4) is 0 Å². The van der Waals surface area contributed by atoms with Crippen LogP contribution in [0.25, 0.3) is 0 Å². The Morgan fingerprint density at radius 2 is 2.00 bits per heavy atom. The molecule has 1 aromatic carbocycles. The Kier molecular flexibility index (Phi) is 11.8. The van der Waals surface area contributed by atoms with Crippen LogP contribution in [0.1, 0.15) is 48.0 Å². The summed E-state index contributed by atoms with van der Waals surface area (Å²) in [5.41, 5.74) is 1.70. The third kappa shape index (κ3) is 8.60. The van der Waals surface area contributed by atoms with E-state index in [-0.39, 0.29) is 35.9 Å². The highest BCUT2D eigenvalue weighted by Crippen LogP contribution is 2.09. The smallest absolute Gasteiger partial charge is 0.251 e. The molecule has 1 aromatic heterocycles. The number of carbonyl (C=O) groups excluding carboxylic acids is 1. The second kappa shape index (κ2) is 13.5. The highest BCUT2D eigenvalue weighted by atomic mass is 127. The van der Waals surface area contributed by atoms with Crippen molar-refractivity contribution in [3.8, 4) is 0 Å². The first-order valence-electron chi connectivity index (χ1n) is 9.56. The molecule has 0 aliphatic rings. The topological polar surface area (TPSA) is 65.5 Å². The van der Waals surface area contributed by atoms with Gasteiger partial charge in [0.15, 0.2) is 5.96 Å². The first-order chi connectivity index (χ1) is 13.1. The third-order valence-corrected chi connectivity index (χ3v) is 5.12. The zero-order valence-electron chi connectivity index (χ0n) is 16.8. The minimum Gasteiger partial charge on any atom is -0.357 e. The zero-order valence-corrected chi connectivity index (χ0v) is 20.0. The van der Waals surface area contributed by atoms with Crippen molar-refractivity contribution in [2.45, 2.75) is 46.2 Å². The highest BCUT2D eigenvalue weighted by molar-refractivity contribution is 14.0. The Labute approximate surface area is 189 Å². The third-order valence-electron chi connectivity index (χ3n) is 4.19. The number of hydrogen-bond donors (Lipinski definition) is 3. The summed E-state index contributed by atoms with van der Waals surface area (Å²) >= 11 is 1.77. The monoisotopic (exact) mass is 514 g/mol. The van der Waals surface area contributed by atoms with Crippen LogP contribution in [0.4, 0.5) is 0 Å². The van der Waals surface area contributed by atoms with Gasteiger partial charge in [-0.1, -0.05) is 25.1 Å². The number of amides is 1. The molecule has 1 amide bonds. The Morgan fingerprint density at radius 1 is 1.18 bits per heavy atom. The average Bonchev–Trinajstić information content (AvgIpc) is 3.19. The van der Waals surface area contributed by atoms with E-state index in [0.717, 1.165) is 37.5 Å². The maximum atomic E-state index is 12.3. The second-order valence-electron chi connectivity index (χ2n) is 6.43. The summed E-state index contributed by atoms with van der Waals surface area (Å²) in [5, 5.41) is 11.7. The van der Waals surface area contributed by atoms with E-state index >= 15 is 0 Å². The zero-order chi connectivity index (χ0) is 19.5. The summed E-state index contributed by atoms with van der Waals surface area (Å²) in [6, 6.07) is 12.1. The molecule has 1 unspecified atom stereocenters. The van der Waals surface area contributed by atoms with Gasteiger partial charge in [0.2, 0.25) is 0 Å². The minimum atomic E-state index is -0.0313. The first kappa shape index (κ1) is 24.4. The standard InChI is InChI=1S/C21H30N4OS.HI/c1-4-16(3)25-20(26)18-9-6-8-17(14-18)15-24-21(22-5-2)23-12-11-19-10-7-13-27-19;/h6-10,13-14,16H,4-5,11-12,15H2,1-3H3,(H,25,26)(H2,22,23,24);1H. The van der Waals surface area contributed by atoms with Crippen molar-refractivity contribution >= 4 is 47.2 Å². The van der Waals surface area contributed by atoms with Crippen LogP contribution in [0, 0.1) is 0 Å². The molecule has 154 valence electrons. The molecule has 3 N–H and O–H groups in total. The van der Waals surface area contributed by atoms with Gasteiger partial charge < -0.3 is 16.0 Å². The molecule has 0 saturated heterocycles. The van der Waals surface area contributed by atoms with E-state index in [4.69, 9.17) is 0 Å². The van der Waals surface area contributed by atoms with Crippen LogP contribution in [-0.4, -0.2) is 31.0 Å². The molecule has 0 saturated carbocycles. The Morgan fingerprint density at radius 3 is 2.68 bits per heavy atom. The van der Waals surface area contributed by atoms with Gasteiger partial charge >= 0.3 is 0 Å². The van der Waals surface area contributed by atoms with Crippen molar-refractivity contribution in [3.63, 3.8) is 0 Å². The van der Waals surface area contributed by atoms with Gasteiger partial charge in [-0.3, -0.25) is 4.79 Å². The van der Waals surface area contributed by atoms with Gasteiger partial charge in [-0.15, -0.1) is 35.3 Å². The predicted octanol–water partition coefficient (Wildman–Crippen LogP) is 4.19. The van der Waals surface area contributed by atoms with Crippen LogP contribution < -0.4 is 16.0 Å². The van der Waals surface area contributed by atoms with Crippen LogP contribution in [0.15, 0.2) is 46.8 Å². The number of halogens is 1. The van der Waals surface area contributed by atoms with Gasteiger partial charge in [-0.25, -0.2) is 4.99 Å². The number of aliphatic imine (C=N–C) groups is 1. The van der Waals surface area contributed by atoms with Crippen LogP contribution >= 0.6 is 35.3 Å². The lowest BCUT2D eigenvalue weighted by Gasteiger charge is -2.12. The number of rotatable bonds is 9. The molecule has 7 heteroatoms. The number of thiophene rings is 1. The molecule has 5 nitrogen and oxygen atoms in total. The van der Waals surface area contributed by atoms with Crippen molar-refractivity contribution in [2.75, 3.05) is 13.1 Å². The molecule has 0 radical (unpaired) electrons. The van der Waals surface area contributed by atoms with E-state index in [1.807, 2.05) is 31.2 Å². The molecule has 0 aliphatic heterocycles. The van der Waals surface area contributed by atoms with Crippen molar-refractivity contribution in [3.05, 3.63) is 57.8 Å². The van der Waals surface area contributed by atoms with Crippen molar-refractivity contribution in [1.29, 1.82) is 0 Å². The molecule has 0 bridgehead atoms. The SMILES string of the molecule is CCNC(=NCc1cccc(C(=O)NC(C)CC)c1)NCCc1cccs1.I. The molecule has 1 atom stereocenters. The van der Waals surface area contributed by atoms with Gasteiger partial charge in [-0.2, -0.15) is 0 Å². The Bertz CT molecular complexity index is 734. The summed E-state index contributed by atoms with van der Waals surface area (Å²) in [7, 11) is 0. The van der Waals surface area contributed by atoms with E-state index in [1.165, 1.54) is 4.88 Å². The van der Waals surface area contributed by atoms with E-state index < -0.39 is 0 Å². The van der Waals surface area contributed by atoms with Crippen LogP contribution in [0.2, 0.25) is 0 Å². The largest absolute Gasteiger partial charge is 0.357 e. The summed E-state index contributed by atoms with van der Waals surface area (Å²) in [5.74, 6) is 0.764. The van der Waals surface area contributed by atoms with Gasteiger partial charge in [0.1, 0.15) is 0 Å². The molecular weight excluding hydrogens is 483 g/mol. The molecule has 1 heterocycles. The number of carbonyl (C=O) groups is 1. The fourth-order valence-corrected chi connectivity index (χ4v) is 3.20. The van der Waals surface area contributed by atoms with Crippen LogP contribution in [0.5, 0.6) is 0 Å². The molecular formula is C21H31IN4OS. The Hall–Kier alpha value is -1.61. The second-order valence-corrected chi connectivity index (χ2v) is 7.47. The number of guanidine groups is 1. The highest BCUT2D eigenvalue weighted by Gasteiger charge is 2.09. The number of hydrogen-bond acceptors (Lipinski definition) is 3. The van der Waals surface area contributed by atoms with Gasteiger partial charge in [0.25, 0.3) is 5.91 Å². The normalized spacial score (nSPS) is 12.0. The van der Waals surface area contributed by atoms with E-state index in [2.05, 4.69) is 52.3 Å². The fourth-order valence-electron chi connectivity index (χ4n) is 2.49. The molecule has 28 heavy (non-hydrogen) atoms. The van der Waals surface area contributed by atoms with Gasteiger partial charge in [0.05, 0.1) is 6.54 Å². The van der Waals surface area contributed by atoms with Gasteiger partial charge in [0, 0.05) is 29.6 Å². The summed E-state index contributed by atoms with van der Waals surface area (Å²) in [6.07, 6.45) is 1.90. The predicted molar refractivity (Wildman–Crippen MR) is 130 cm³/mol. The molecule has 2 aromatic rings. The lowest BCUT2D eigenvalue weighted by Crippen LogP contribution is -2.38. The van der Waals surface area contributed by atoms with E-state index in [0.29, 0.717) is 12.1 Å². The summed E-state index contributed by atoms with van der Waals surface area (Å²) < 4.78 is 0. The average molecular weight is 514 g/mol. The lowest BCUT2D eigenvalue weighted by atomic mass is 10.1. The summed E-state index contributed by atoms with van der Waals surface area (Å²) in [6.45, 7) is 8.29. The lowest BCUT2D eigenvalue weighted by molar-refractivity contribution is 0.0939. The van der Waals surface area contributed by atoms with Crippen LogP contribution in [-0.2, 0) is 13.0 Å². The number of nitrogens with zero attached hydrogens (tertiary/aromatic N) is 1. The molecule has 0 spiro atoms. The quantitative estimate of drug-likeness (QED) is 0.267. The maximum Gasteiger partial charge on any atom is 0.251 e. The van der Waals surface area contributed by atoms with E-state index in [9.17, 15) is 4.79 Å². The maximum absolute atomic E-state index is 12.3. The first-order valence-corrected chi connectivity index (χ1v) is 10.4. The van der Waals surface area contributed by atoms with Gasteiger partial charge in [-0.05, 0) is 55.8 Å². The summed E-state index contributed by atoms with van der Waals surface area (Å²) in [4.78, 5) is 18.3. The molecule has 0 aliphatic carbocycles. The van der Waals surface area contributed by atoms with Crippen molar-refractivity contribution in [2.24, 2.45) is 4.99 Å². The fraction of sp³-hybridized carbons (Fsp3) is 0.429. The molecule has 2 rings (SSSR count). The van der Waals surface area contributed by atoms with Crippen molar-refractivity contribution < 1.29 is 4.79 Å². The number of benzene rings is 1. The molecule has 0 fully saturated rings. The van der Waals surface area contributed by atoms with Crippen molar-refractivity contribution in [1.82, 2.24) is 16.0 Å². The minimum absolute atomic E-state index is 0.